The van der Waals surface area contributed by atoms with Gasteiger partial charge >= 0.3 is 5.97 Å². The number of likely N-dealkylation sites (tertiary alicyclic amines) is 1. The number of nitrogens with one attached hydrogen (secondary N) is 1. The molecule has 0 bridgehead atoms. The second kappa shape index (κ2) is 11.0. The normalized spacial score (nSPS) is 16.5. The van der Waals surface area contributed by atoms with Crippen molar-refractivity contribution in [1.82, 2.24) is 10.2 Å². The maximum absolute atomic E-state index is 13.1. The molecule has 1 heterocycles. The summed E-state index contributed by atoms with van der Waals surface area (Å²) in [6, 6.07) is 20.8. The van der Waals surface area contributed by atoms with Crippen LogP contribution in [0.15, 0.2) is 72.3 Å². The van der Waals surface area contributed by atoms with Crippen molar-refractivity contribution in [2.75, 3.05) is 26.7 Å². The van der Waals surface area contributed by atoms with Crippen LogP contribution >= 0.6 is 0 Å². The molecule has 0 radical (unpaired) electrons. The molecule has 6 heteroatoms. The van der Waals surface area contributed by atoms with Crippen LogP contribution in [0.25, 0.3) is 16.8 Å². The second-order valence-electron chi connectivity index (χ2n) is 8.69. The minimum absolute atomic E-state index is 0.0699. The number of aromatic carboxylic acids is 1. The standard InChI is InChI=1S/C28H30N2O4/c1-30-16-6-11-24(30)14-15-29-27(31)23(18-20-7-4-10-22(17-20)28(32)33)19-34-26-13-5-9-21-8-2-3-12-25(21)26/h2-5,7-10,12-13,17-18,24H,6,11,14-16,19H2,1H3,(H,29,31)(H,32,33). The van der Waals surface area contributed by atoms with Crippen LogP contribution in [0.5, 0.6) is 5.75 Å². The first kappa shape index (κ1) is 23.5. The summed E-state index contributed by atoms with van der Waals surface area (Å²) in [6.07, 6.45) is 4.95. The molecular formula is C28H30N2O4. The molecule has 0 spiro atoms. The second-order valence-corrected chi connectivity index (χ2v) is 8.69. The molecule has 1 atom stereocenters. The fourth-order valence-corrected chi connectivity index (χ4v) is 4.42. The molecule has 6 nitrogen and oxygen atoms in total. The number of carboxylic acids is 1. The van der Waals surface area contributed by atoms with E-state index in [1.165, 1.54) is 12.5 Å². The molecule has 0 aromatic heterocycles. The molecular weight excluding hydrogens is 428 g/mol. The molecule has 1 aliphatic heterocycles. The van der Waals surface area contributed by atoms with Crippen LogP contribution in [0.1, 0.15) is 35.2 Å². The van der Waals surface area contributed by atoms with Crippen LogP contribution in [0.3, 0.4) is 0 Å². The highest BCUT2D eigenvalue weighted by molar-refractivity contribution is 5.98. The molecule has 1 saturated heterocycles. The zero-order valence-corrected chi connectivity index (χ0v) is 19.4. The third kappa shape index (κ3) is 5.83. The molecule has 3 aromatic carbocycles. The number of carbonyl (C=O) groups is 2. The molecule has 1 amide bonds. The Hall–Kier alpha value is -3.64. The van der Waals surface area contributed by atoms with Gasteiger partial charge in [-0.25, -0.2) is 4.79 Å². The Bertz CT molecular complexity index is 1200. The maximum atomic E-state index is 13.1. The third-order valence-corrected chi connectivity index (χ3v) is 6.33. The van der Waals surface area contributed by atoms with Gasteiger partial charge in [-0.2, -0.15) is 0 Å². The van der Waals surface area contributed by atoms with Gasteiger partial charge in [0.25, 0.3) is 5.91 Å². The predicted molar refractivity (Wildman–Crippen MR) is 134 cm³/mol. The molecule has 1 fully saturated rings. The monoisotopic (exact) mass is 458 g/mol. The SMILES string of the molecule is CN1CCCC1CCNC(=O)C(=Cc1cccc(C(=O)O)c1)COc1cccc2ccccc12. The fraction of sp³-hybridized carbons (Fsp3) is 0.286. The Kier molecular flexibility index (Phi) is 7.60. The van der Waals surface area contributed by atoms with Crippen molar-refractivity contribution in [2.24, 2.45) is 0 Å². The Morgan fingerprint density at radius 3 is 2.71 bits per heavy atom. The average molecular weight is 459 g/mol. The summed E-state index contributed by atoms with van der Waals surface area (Å²) in [7, 11) is 2.12. The first-order valence-corrected chi connectivity index (χ1v) is 11.6. The summed E-state index contributed by atoms with van der Waals surface area (Å²) in [5.74, 6) is -0.515. The summed E-state index contributed by atoms with van der Waals surface area (Å²) in [6.45, 7) is 1.75. The van der Waals surface area contributed by atoms with E-state index in [-0.39, 0.29) is 18.1 Å². The van der Waals surface area contributed by atoms with Gasteiger partial charge in [0.1, 0.15) is 12.4 Å². The fourth-order valence-electron chi connectivity index (χ4n) is 4.42. The van der Waals surface area contributed by atoms with Gasteiger partial charge in [0.2, 0.25) is 0 Å². The summed E-state index contributed by atoms with van der Waals surface area (Å²) in [5, 5.41) is 14.4. The minimum Gasteiger partial charge on any atom is -0.488 e. The van der Waals surface area contributed by atoms with Crippen molar-refractivity contribution in [3.05, 3.63) is 83.4 Å². The maximum Gasteiger partial charge on any atom is 0.335 e. The highest BCUT2D eigenvalue weighted by Crippen LogP contribution is 2.26. The quantitative estimate of drug-likeness (QED) is 0.458. The van der Waals surface area contributed by atoms with E-state index in [4.69, 9.17) is 4.74 Å². The van der Waals surface area contributed by atoms with Gasteiger partial charge in [0.05, 0.1) is 11.1 Å². The van der Waals surface area contributed by atoms with Crippen LogP contribution in [0.2, 0.25) is 0 Å². The van der Waals surface area contributed by atoms with E-state index >= 15 is 0 Å². The van der Waals surface area contributed by atoms with Crippen LogP contribution in [-0.2, 0) is 4.79 Å². The van der Waals surface area contributed by atoms with Crippen LogP contribution < -0.4 is 10.1 Å². The van der Waals surface area contributed by atoms with E-state index in [1.54, 1.807) is 24.3 Å². The van der Waals surface area contributed by atoms with Gasteiger partial charge in [-0.15, -0.1) is 0 Å². The summed E-state index contributed by atoms with van der Waals surface area (Å²) >= 11 is 0. The number of hydrogen-bond acceptors (Lipinski definition) is 4. The molecule has 1 aliphatic rings. The smallest absolute Gasteiger partial charge is 0.335 e. The van der Waals surface area contributed by atoms with E-state index in [1.807, 2.05) is 42.5 Å². The number of carbonyl (C=O) groups excluding carboxylic acids is 1. The van der Waals surface area contributed by atoms with E-state index in [9.17, 15) is 14.7 Å². The van der Waals surface area contributed by atoms with Gasteiger partial charge in [-0.05, 0) is 68.1 Å². The van der Waals surface area contributed by atoms with Crippen molar-refractivity contribution in [3.8, 4) is 5.75 Å². The number of hydrogen-bond donors (Lipinski definition) is 2. The Balaban J connectivity index is 1.52. The Morgan fingerprint density at radius 1 is 1.12 bits per heavy atom. The number of carboxylic acid groups (broad SMARTS) is 1. The summed E-state index contributed by atoms with van der Waals surface area (Å²) < 4.78 is 6.10. The Morgan fingerprint density at radius 2 is 1.91 bits per heavy atom. The first-order chi connectivity index (χ1) is 16.5. The average Bonchev–Trinajstić information content (AvgIpc) is 3.26. The number of benzene rings is 3. The lowest BCUT2D eigenvalue weighted by atomic mass is 10.1. The molecule has 3 aromatic rings. The van der Waals surface area contributed by atoms with Crippen molar-refractivity contribution in [3.63, 3.8) is 0 Å². The van der Waals surface area contributed by atoms with Crippen LogP contribution in [0, 0.1) is 0 Å². The lowest BCUT2D eigenvalue weighted by Gasteiger charge is -2.19. The zero-order valence-electron chi connectivity index (χ0n) is 19.4. The zero-order chi connectivity index (χ0) is 23.9. The first-order valence-electron chi connectivity index (χ1n) is 11.6. The van der Waals surface area contributed by atoms with Crippen molar-refractivity contribution < 1.29 is 19.4 Å². The minimum atomic E-state index is -1.01. The van der Waals surface area contributed by atoms with Gasteiger partial charge in [0.15, 0.2) is 0 Å². The molecule has 1 unspecified atom stereocenters. The van der Waals surface area contributed by atoms with Crippen molar-refractivity contribution >= 4 is 28.7 Å². The number of ether oxygens (including phenoxy) is 1. The number of rotatable bonds is 9. The van der Waals surface area contributed by atoms with Crippen LogP contribution in [0.4, 0.5) is 0 Å². The summed E-state index contributed by atoms with van der Waals surface area (Å²) in [5.41, 5.74) is 1.25. The van der Waals surface area contributed by atoms with Crippen molar-refractivity contribution in [2.45, 2.75) is 25.3 Å². The molecule has 176 valence electrons. The van der Waals surface area contributed by atoms with Crippen LogP contribution in [-0.4, -0.2) is 54.7 Å². The topological polar surface area (TPSA) is 78.9 Å². The lowest BCUT2D eigenvalue weighted by molar-refractivity contribution is -0.117. The van der Waals surface area contributed by atoms with Gasteiger partial charge < -0.3 is 20.1 Å². The molecule has 0 aliphatic carbocycles. The number of nitrogens with zero attached hydrogens (tertiary/aromatic N) is 1. The Labute approximate surface area is 199 Å². The largest absolute Gasteiger partial charge is 0.488 e. The highest BCUT2D eigenvalue weighted by Gasteiger charge is 2.21. The van der Waals surface area contributed by atoms with Gasteiger partial charge in [-0.1, -0.05) is 48.5 Å². The highest BCUT2D eigenvalue weighted by atomic mass is 16.5. The van der Waals surface area contributed by atoms with E-state index in [0.29, 0.717) is 29.5 Å². The van der Waals surface area contributed by atoms with E-state index < -0.39 is 5.97 Å². The summed E-state index contributed by atoms with van der Waals surface area (Å²) in [4.78, 5) is 26.8. The van der Waals surface area contributed by atoms with Gasteiger partial charge in [-0.3, -0.25) is 4.79 Å². The van der Waals surface area contributed by atoms with E-state index in [0.717, 1.165) is 30.2 Å². The predicted octanol–water partition coefficient (Wildman–Crippen LogP) is 4.60. The molecule has 34 heavy (non-hydrogen) atoms. The van der Waals surface area contributed by atoms with E-state index in [2.05, 4.69) is 17.3 Å². The number of fused-ring (bicyclic) bond motifs is 1. The number of amides is 1. The van der Waals surface area contributed by atoms with Crippen molar-refractivity contribution in [1.29, 1.82) is 0 Å². The third-order valence-electron chi connectivity index (χ3n) is 6.33. The lowest BCUT2D eigenvalue weighted by Crippen LogP contribution is -2.33. The van der Waals surface area contributed by atoms with Gasteiger partial charge in [0, 0.05) is 18.0 Å². The molecule has 0 saturated carbocycles. The molecule has 4 rings (SSSR count). The molecule has 2 N–H and O–H groups in total.